The summed E-state index contributed by atoms with van der Waals surface area (Å²) in [5.41, 5.74) is 2.33. The van der Waals surface area contributed by atoms with Crippen LogP contribution in [0.25, 0.3) is 0 Å². The fraction of sp³-hybridized carbons (Fsp3) is 0.500. The van der Waals surface area contributed by atoms with Crippen molar-refractivity contribution in [3.63, 3.8) is 0 Å². The zero-order chi connectivity index (χ0) is 12.5. The summed E-state index contributed by atoms with van der Waals surface area (Å²) in [7, 11) is -2.91. The fourth-order valence-electron chi connectivity index (χ4n) is 1.64. The maximum Gasteiger partial charge on any atom is 0.239 e. The Balaban J connectivity index is 2.13. The molecule has 17 heavy (non-hydrogen) atoms. The number of nitrogens with zero attached hydrogens (tertiary/aromatic N) is 2. The smallest absolute Gasteiger partial charge is 0.239 e. The summed E-state index contributed by atoms with van der Waals surface area (Å²) in [5.74, 6) is 6.37. The molecule has 0 bridgehead atoms. The molecule has 0 saturated carbocycles. The van der Waals surface area contributed by atoms with Crippen molar-refractivity contribution in [3.8, 4) is 0 Å². The molecule has 1 unspecified atom stereocenters. The number of anilines is 2. The highest BCUT2D eigenvalue weighted by molar-refractivity contribution is 9.10. The van der Waals surface area contributed by atoms with E-state index in [9.17, 15) is 8.42 Å². The molecular formula is C8H12BrN5O2S. The summed E-state index contributed by atoms with van der Waals surface area (Å²) in [6.45, 7) is 0. The van der Waals surface area contributed by atoms with Gasteiger partial charge in [-0.3, -0.25) is 5.43 Å². The molecule has 0 amide bonds. The van der Waals surface area contributed by atoms with E-state index in [1.54, 1.807) is 6.20 Å². The molecule has 1 fully saturated rings. The Morgan fingerprint density at radius 2 is 2.29 bits per heavy atom. The van der Waals surface area contributed by atoms with Gasteiger partial charge in [-0.05, 0) is 22.4 Å². The van der Waals surface area contributed by atoms with Crippen molar-refractivity contribution in [2.24, 2.45) is 5.84 Å². The number of hydrazine groups is 1. The molecule has 4 N–H and O–H groups in total. The quantitative estimate of drug-likeness (QED) is 0.536. The van der Waals surface area contributed by atoms with Gasteiger partial charge in [-0.25, -0.2) is 19.2 Å². The van der Waals surface area contributed by atoms with Crippen LogP contribution in [0.5, 0.6) is 0 Å². The van der Waals surface area contributed by atoms with Crippen molar-refractivity contribution in [3.05, 3.63) is 10.7 Å². The van der Waals surface area contributed by atoms with Crippen molar-refractivity contribution in [1.82, 2.24) is 9.97 Å². The van der Waals surface area contributed by atoms with E-state index >= 15 is 0 Å². The highest BCUT2D eigenvalue weighted by Crippen LogP contribution is 2.23. The van der Waals surface area contributed by atoms with Crippen LogP contribution in [-0.2, 0) is 9.84 Å². The summed E-state index contributed by atoms with van der Waals surface area (Å²) >= 11 is 3.29. The number of rotatable bonds is 3. The van der Waals surface area contributed by atoms with Gasteiger partial charge in [0.05, 0.1) is 16.0 Å². The molecule has 1 aromatic rings. The number of aromatic nitrogens is 2. The zero-order valence-electron chi connectivity index (χ0n) is 8.85. The molecule has 2 rings (SSSR count). The Morgan fingerprint density at radius 3 is 2.88 bits per heavy atom. The highest BCUT2D eigenvalue weighted by Gasteiger charge is 2.28. The Hall–Kier alpha value is -0.930. The molecule has 1 saturated heterocycles. The molecule has 9 heteroatoms. The monoisotopic (exact) mass is 321 g/mol. The van der Waals surface area contributed by atoms with Gasteiger partial charge in [0.15, 0.2) is 9.84 Å². The number of nitrogens with one attached hydrogen (secondary N) is 2. The van der Waals surface area contributed by atoms with Crippen LogP contribution >= 0.6 is 15.9 Å². The van der Waals surface area contributed by atoms with Crippen LogP contribution in [0.4, 0.5) is 11.8 Å². The maximum atomic E-state index is 11.3. The lowest BCUT2D eigenvalue weighted by Gasteiger charge is -2.13. The lowest BCUT2D eigenvalue weighted by molar-refractivity contribution is 0.602. The van der Waals surface area contributed by atoms with E-state index in [1.807, 2.05) is 0 Å². The molecular weight excluding hydrogens is 310 g/mol. The maximum absolute atomic E-state index is 11.3. The molecule has 0 spiro atoms. The van der Waals surface area contributed by atoms with Gasteiger partial charge in [0.1, 0.15) is 5.82 Å². The van der Waals surface area contributed by atoms with Crippen LogP contribution in [0.2, 0.25) is 0 Å². The van der Waals surface area contributed by atoms with Crippen molar-refractivity contribution >= 4 is 37.5 Å². The lowest BCUT2D eigenvalue weighted by atomic mass is 10.2. The van der Waals surface area contributed by atoms with Gasteiger partial charge in [-0.1, -0.05) is 0 Å². The van der Waals surface area contributed by atoms with Crippen molar-refractivity contribution in [2.75, 3.05) is 22.2 Å². The fourth-order valence-corrected chi connectivity index (χ4v) is 3.62. The molecule has 7 nitrogen and oxygen atoms in total. The minimum atomic E-state index is -2.91. The van der Waals surface area contributed by atoms with Gasteiger partial charge in [-0.15, -0.1) is 0 Å². The average Bonchev–Trinajstić information content (AvgIpc) is 2.61. The first kappa shape index (κ1) is 12.5. The van der Waals surface area contributed by atoms with Gasteiger partial charge >= 0.3 is 0 Å². The van der Waals surface area contributed by atoms with E-state index in [-0.39, 0.29) is 23.5 Å². The van der Waals surface area contributed by atoms with Crippen LogP contribution in [0.3, 0.4) is 0 Å². The van der Waals surface area contributed by atoms with Gasteiger partial charge in [0.25, 0.3) is 0 Å². The predicted octanol–water partition coefficient (Wildman–Crippen LogP) is 0.124. The standard InChI is InChI=1S/C8H12BrN5O2S/c9-6-3-11-8(14-10)13-7(6)12-5-1-2-17(15,16)4-5/h3,5H,1-2,4,10H2,(H2,11,12,13,14). The van der Waals surface area contributed by atoms with E-state index in [0.29, 0.717) is 16.7 Å². The average molecular weight is 322 g/mol. The molecule has 0 aromatic carbocycles. The van der Waals surface area contributed by atoms with E-state index in [2.05, 4.69) is 36.6 Å². The lowest BCUT2D eigenvalue weighted by Crippen LogP contribution is -2.22. The molecule has 0 radical (unpaired) electrons. The number of nitrogens with two attached hydrogens (primary N) is 1. The Labute approximate surface area is 107 Å². The van der Waals surface area contributed by atoms with Gasteiger partial charge in [0.2, 0.25) is 5.95 Å². The number of hydrogen-bond acceptors (Lipinski definition) is 7. The first-order chi connectivity index (χ1) is 8.00. The number of hydrogen-bond donors (Lipinski definition) is 3. The summed E-state index contributed by atoms with van der Waals surface area (Å²) in [4.78, 5) is 8.01. The molecule has 1 aliphatic rings. The first-order valence-electron chi connectivity index (χ1n) is 4.96. The SMILES string of the molecule is NNc1ncc(Br)c(NC2CCS(=O)(=O)C2)n1. The zero-order valence-corrected chi connectivity index (χ0v) is 11.3. The predicted molar refractivity (Wildman–Crippen MR) is 68.2 cm³/mol. The topological polar surface area (TPSA) is 110 Å². The van der Waals surface area contributed by atoms with Gasteiger partial charge in [0, 0.05) is 12.2 Å². The molecule has 0 aliphatic carbocycles. The van der Waals surface area contributed by atoms with E-state index in [0.717, 1.165) is 0 Å². The summed E-state index contributed by atoms with van der Waals surface area (Å²) in [6, 6.07) is -0.114. The molecule has 1 atom stereocenters. The van der Waals surface area contributed by atoms with Crippen LogP contribution in [-0.4, -0.2) is 35.9 Å². The van der Waals surface area contributed by atoms with Crippen molar-refractivity contribution in [2.45, 2.75) is 12.5 Å². The third kappa shape index (κ3) is 3.05. The molecule has 1 aliphatic heterocycles. The van der Waals surface area contributed by atoms with Crippen LogP contribution < -0.4 is 16.6 Å². The van der Waals surface area contributed by atoms with E-state index in [1.165, 1.54) is 0 Å². The first-order valence-corrected chi connectivity index (χ1v) is 7.58. The summed E-state index contributed by atoms with van der Waals surface area (Å²) in [5, 5.41) is 3.07. The van der Waals surface area contributed by atoms with Gasteiger partial charge < -0.3 is 5.32 Å². The minimum Gasteiger partial charge on any atom is -0.365 e. The number of sulfone groups is 1. The second-order valence-electron chi connectivity index (χ2n) is 3.78. The van der Waals surface area contributed by atoms with E-state index in [4.69, 9.17) is 5.84 Å². The Morgan fingerprint density at radius 1 is 1.53 bits per heavy atom. The second-order valence-corrected chi connectivity index (χ2v) is 6.86. The van der Waals surface area contributed by atoms with Gasteiger partial charge in [-0.2, -0.15) is 4.98 Å². The minimum absolute atomic E-state index is 0.114. The normalized spacial score (nSPS) is 22.4. The van der Waals surface area contributed by atoms with Crippen LogP contribution in [0.1, 0.15) is 6.42 Å². The molecule has 1 aromatic heterocycles. The Bertz CT molecular complexity index is 521. The summed E-state index contributed by atoms with van der Waals surface area (Å²) in [6.07, 6.45) is 2.14. The molecule has 94 valence electrons. The largest absolute Gasteiger partial charge is 0.365 e. The number of halogens is 1. The highest BCUT2D eigenvalue weighted by atomic mass is 79.9. The second kappa shape index (κ2) is 4.75. The Kier molecular flexibility index (Phi) is 3.50. The van der Waals surface area contributed by atoms with Crippen LogP contribution in [0, 0.1) is 0 Å². The van der Waals surface area contributed by atoms with Crippen molar-refractivity contribution < 1.29 is 8.42 Å². The third-order valence-electron chi connectivity index (χ3n) is 2.45. The molecule has 2 heterocycles. The summed E-state index contributed by atoms with van der Waals surface area (Å²) < 4.78 is 23.3. The third-order valence-corrected chi connectivity index (χ3v) is 4.79. The van der Waals surface area contributed by atoms with E-state index < -0.39 is 9.84 Å². The number of nitrogen functional groups attached to an aromatic ring is 1. The van der Waals surface area contributed by atoms with Crippen molar-refractivity contribution in [1.29, 1.82) is 0 Å². The van der Waals surface area contributed by atoms with Crippen LogP contribution in [0.15, 0.2) is 10.7 Å².